The minimum atomic E-state index is -1.25. The van der Waals surface area contributed by atoms with Crippen LogP contribution in [-0.4, -0.2) is 52.5 Å². The molecule has 3 aliphatic rings. The van der Waals surface area contributed by atoms with Gasteiger partial charge in [-0.25, -0.2) is 0 Å². The molecule has 2 saturated heterocycles. The van der Waals surface area contributed by atoms with Crippen molar-refractivity contribution in [3.8, 4) is 5.75 Å². The summed E-state index contributed by atoms with van der Waals surface area (Å²) in [7, 11) is 1.60. The van der Waals surface area contributed by atoms with E-state index in [0.29, 0.717) is 5.02 Å². The quantitative estimate of drug-likeness (QED) is 0.512. The first-order chi connectivity index (χ1) is 18.4. The number of likely N-dealkylation sites (tertiary alicyclic amines) is 1. The van der Waals surface area contributed by atoms with E-state index >= 15 is 0 Å². The van der Waals surface area contributed by atoms with Crippen molar-refractivity contribution >= 4 is 29.3 Å². The van der Waals surface area contributed by atoms with Crippen molar-refractivity contribution in [3.63, 3.8) is 0 Å². The Balaban J connectivity index is 1.46. The van der Waals surface area contributed by atoms with Crippen molar-refractivity contribution in [1.29, 1.82) is 0 Å². The molecule has 0 aromatic heterocycles. The largest absolute Gasteiger partial charge is 0.497 e. The maximum Gasteiger partial charge on any atom is 0.246 e. The van der Waals surface area contributed by atoms with Gasteiger partial charge in [0.1, 0.15) is 17.4 Å². The van der Waals surface area contributed by atoms with Crippen LogP contribution in [0.5, 0.6) is 5.75 Å². The lowest BCUT2D eigenvalue weighted by Crippen LogP contribution is -2.57. The Morgan fingerprint density at radius 3 is 2.28 bits per heavy atom. The Bertz CT molecular complexity index is 1320. The van der Waals surface area contributed by atoms with E-state index in [1.54, 1.807) is 24.1 Å². The summed E-state index contributed by atoms with van der Waals surface area (Å²) in [6.07, 6.45) is 3.65. The van der Waals surface area contributed by atoms with Crippen LogP contribution in [0.3, 0.4) is 0 Å². The van der Waals surface area contributed by atoms with E-state index in [1.165, 1.54) is 0 Å². The average molecular weight is 552 g/mol. The van der Waals surface area contributed by atoms with Gasteiger partial charge >= 0.3 is 0 Å². The molecule has 0 unspecified atom stereocenters. The van der Waals surface area contributed by atoms with E-state index in [1.807, 2.05) is 76.2 Å². The zero-order valence-corrected chi connectivity index (χ0v) is 23.5. The molecule has 2 aromatic carbocycles. The van der Waals surface area contributed by atoms with Gasteiger partial charge in [0, 0.05) is 23.7 Å². The molecule has 2 bridgehead atoms. The number of hydrogen-bond acceptors (Lipinski definition) is 5. The van der Waals surface area contributed by atoms with Crippen molar-refractivity contribution in [2.24, 2.45) is 11.8 Å². The monoisotopic (exact) mass is 551 g/mol. The number of benzene rings is 2. The predicted octanol–water partition coefficient (Wildman–Crippen LogP) is 3.62. The van der Waals surface area contributed by atoms with Crippen LogP contribution in [0.15, 0.2) is 60.7 Å². The number of amides is 3. The number of nitrogens with zero attached hydrogens (tertiary/aromatic N) is 1. The van der Waals surface area contributed by atoms with E-state index in [9.17, 15) is 14.4 Å². The van der Waals surface area contributed by atoms with E-state index in [4.69, 9.17) is 21.1 Å². The van der Waals surface area contributed by atoms with Crippen molar-refractivity contribution in [1.82, 2.24) is 15.5 Å². The maximum absolute atomic E-state index is 14.1. The third-order valence-corrected chi connectivity index (χ3v) is 7.97. The van der Waals surface area contributed by atoms with Crippen LogP contribution in [0.1, 0.15) is 38.8 Å². The summed E-state index contributed by atoms with van der Waals surface area (Å²) in [5.41, 5.74) is -1.08. The molecule has 8 nitrogen and oxygen atoms in total. The van der Waals surface area contributed by atoms with E-state index in [0.717, 1.165) is 16.9 Å². The first kappa shape index (κ1) is 27.2. The zero-order valence-electron chi connectivity index (χ0n) is 22.8. The van der Waals surface area contributed by atoms with Crippen molar-refractivity contribution < 1.29 is 23.9 Å². The summed E-state index contributed by atoms with van der Waals surface area (Å²) in [6.45, 7) is 7.95. The van der Waals surface area contributed by atoms with Crippen LogP contribution in [0, 0.1) is 11.8 Å². The summed E-state index contributed by atoms with van der Waals surface area (Å²) in [5, 5.41) is 6.60. The molecule has 39 heavy (non-hydrogen) atoms. The van der Waals surface area contributed by atoms with E-state index in [-0.39, 0.29) is 30.8 Å². The Hall–Kier alpha value is -3.36. The smallest absolute Gasteiger partial charge is 0.246 e. The number of hydrogen-bond donors (Lipinski definition) is 2. The lowest BCUT2D eigenvalue weighted by Gasteiger charge is -2.35. The minimum Gasteiger partial charge on any atom is -0.497 e. The fourth-order valence-corrected chi connectivity index (χ4v) is 6.19. The maximum atomic E-state index is 14.1. The number of halogens is 1. The molecule has 5 rings (SSSR count). The zero-order chi connectivity index (χ0) is 28.2. The molecule has 0 radical (unpaired) electrons. The van der Waals surface area contributed by atoms with Gasteiger partial charge in [-0.05, 0) is 63.1 Å². The van der Waals surface area contributed by atoms with Crippen LogP contribution in [-0.2, 0) is 32.2 Å². The van der Waals surface area contributed by atoms with Gasteiger partial charge in [-0.3, -0.25) is 14.4 Å². The Kier molecular flexibility index (Phi) is 6.75. The molecule has 1 spiro atoms. The van der Waals surface area contributed by atoms with Gasteiger partial charge in [0.05, 0.1) is 24.5 Å². The molecule has 9 heteroatoms. The third-order valence-electron chi connectivity index (χ3n) is 7.72. The highest BCUT2D eigenvalue weighted by molar-refractivity contribution is 6.30. The molecule has 206 valence electrons. The highest BCUT2D eigenvalue weighted by Gasteiger charge is 2.76. The molecule has 2 fully saturated rings. The van der Waals surface area contributed by atoms with Crippen molar-refractivity contribution in [3.05, 3.63) is 76.8 Å². The fourth-order valence-electron chi connectivity index (χ4n) is 6.07. The van der Waals surface area contributed by atoms with Crippen LogP contribution in [0.4, 0.5) is 0 Å². The second kappa shape index (κ2) is 9.68. The van der Waals surface area contributed by atoms with E-state index in [2.05, 4.69) is 10.6 Å². The first-order valence-electron chi connectivity index (χ1n) is 13.0. The van der Waals surface area contributed by atoms with E-state index < -0.39 is 34.6 Å². The van der Waals surface area contributed by atoms with Gasteiger partial charge in [0.2, 0.25) is 17.7 Å². The highest BCUT2D eigenvalue weighted by atomic mass is 35.5. The Morgan fingerprint density at radius 1 is 1.03 bits per heavy atom. The molecule has 0 aliphatic carbocycles. The van der Waals surface area contributed by atoms with Gasteiger partial charge in [-0.2, -0.15) is 0 Å². The molecular weight excluding hydrogens is 518 g/mol. The van der Waals surface area contributed by atoms with Gasteiger partial charge in [-0.15, -0.1) is 0 Å². The molecule has 5 atom stereocenters. The fraction of sp³-hybridized carbons (Fsp3) is 0.433. The van der Waals surface area contributed by atoms with Gasteiger partial charge in [-0.1, -0.05) is 48.0 Å². The number of carbonyl (C=O) groups excluding carboxylic acids is 3. The molecule has 2 aromatic rings. The summed E-state index contributed by atoms with van der Waals surface area (Å²) in [6, 6.07) is 13.6. The molecule has 3 heterocycles. The van der Waals surface area contributed by atoms with Gasteiger partial charge in [0.15, 0.2) is 0 Å². The highest BCUT2D eigenvalue weighted by Crippen LogP contribution is 2.59. The second-order valence-corrected chi connectivity index (χ2v) is 12.2. The molecule has 3 aliphatic heterocycles. The summed E-state index contributed by atoms with van der Waals surface area (Å²) < 4.78 is 11.8. The molecule has 3 amide bonds. The van der Waals surface area contributed by atoms with Crippen LogP contribution < -0.4 is 15.4 Å². The number of methoxy groups -OCH3 is 1. The van der Waals surface area contributed by atoms with Gasteiger partial charge in [0.25, 0.3) is 0 Å². The number of fused-ring (bicyclic) bond motifs is 1. The lowest BCUT2D eigenvalue weighted by molar-refractivity contribution is -0.146. The standard InChI is InChI=1S/C30H34ClN3O5/c1-28(2,3)33-26(36)24-30-15-14-29(4,39-30)22(25(35)32-16-18-8-12-21(38-5)13-9-18)23(30)27(37)34(24)17-19-6-10-20(31)11-7-19/h6-15,22-24H,16-17H2,1-5H3,(H,32,35)(H,33,36)/t22-,23-,24-,29+,30+/m0/s1. The molecule has 2 N–H and O–H groups in total. The molecular formula is C30H34ClN3O5. The van der Waals surface area contributed by atoms with Crippen molar-refractivity contribution in [2.75, 3.05) is 7.11 Å². The topological polar surface area (TPSA) is 97.0 Å². The van der Waals surface area contributed by atoms with Gasteiger partial charge < -0.3 is 25.0 Å². The summed E-state index contributed by atoms with van der Waals surface area (Å²) in [4.78, 5) is 43.2. The lowest BCUT2D eigenvalue weighted by atomic mass is 9.70. The average Bonchev–Trinajstić information content (AvgIpc) is 3.44. The van der Waals surface area contributed by atoms with Crippen molar-refractivity contribution in [2.45, 2.75) is 63.6 Å². The van der Waals surface area contributed by atoms with Crippen LogP contribution in [0.25, 0.3) is 0 Å². The number of carbonyl (C=O) groups is 3. The number of ether oxygens (including phenoxy) is 2. The first-order valence-corrected chi connectivity index (χ1v) is 13.4. The Labute approximate surface area is 233 Å². The summed E-state index contributed by atoms with van der Waals surface area (Å²) in [5.74, 6) is -1.80. The number of rotatable bonds is 7. The second-order valence-electron chi connectivity index (χ2n) is 11.7. The Morgan fingerprint density at radius 2 is 1.67 bits per heavy atom. The third kappa shape index (κ3) is 4.80. The molecule has 0 saturated carbocycles. The normalized spacial score (nSPS) is 28.9. The summed E-state index contributed by atoms with van der Waals surface area (Å²) >= 11 is 6.07. The predicted molar refractivity (Wildman–Crippen MR) is 147 cm³/mol. The number of nitrogens with one attached hydrogen (secondary N) is 2. The SMILES string of the molecule is COc1ccc(CNC(=O)[C@@H]2[C@H]3C(=O)N(Cc4ccc(Cl)cc4)[C@@H](C(=O)NC(C)(C)C)[C@@]34C=C[C@@]2(C)O4)cc1. The van der Waals surface area contributed by atoms with Crippen LogP contribution in [0.2, 0.25) is 5.02 Å². The van der Waals surface area contributed by atoms with Crippen LogP contribution >= 0.6 is 11.6 Å². The minimum absolute atomic E-state index is 0.185.